The smallest absolute Gasteiger partial charge is 0.319 e. The Morgan fingerprint density at radius 1 is 1.29 bits per heavy atom. The molecule has 0 radical (unpaired) electrons. The van der Waals surface area contributed by atoms with Gasteiger partial charge in [0.1, 0.15) is 0 Å². The molecule has 0 saturated heterocycles. The molecule has 0 bridgehead atoms. The lowest BCUT2D eigenvalue weighted by atomic mass is 10.1. The van der Waals surface area contributed by atoms with E-state index in [9.17, 15) is 18.7 Å². The van der Waals surface area contributed by atoms with Gasteiger partial charge in [-0.1, -0.05) is 0 Å². The SMILES string of the molecule is CC(C)(C)NC(=O)Nc1ccc(F)c(F)c1O. The number of urea groups is 1. The number of anilines is 1. The first-order chi connectivity index (χ1) is 7.70. The van der Waals surface area contributed by atoms with Gasteiger partial charge < -0.3 is 15.7 Å². The van der Waals surface area contributed by atoms with Crippen LogP contribution in [-0.4, -0.2) is 16.7 Å². The zero-order valence-corrected chi connectivity index (χ0v) is 9.77. The molecule has 0 aliphatic carbocycles. The summed E-state index contributed by atoms with van der Waals surface area (Å²) in [5.74, 6) is -3.49. The highest BCUT2D eigenvalue weighted by Crippen LogP contribution is 2.28. The number of aromatic hydroxyl groups is 1. The maximum Gasteiger partial charge on any atom is 0.319 e. The van der Waals surface area contributed by atoms with E-state index in [4.69, 9.17) is 0 Å². The van der Waals surface area contributed by atoms with Crippen LogP contribution in [0.1, 0.15) is 20.8 Å². The van der Waals surface area contributed by atoms with Crippen molar-refractivity contribution in [1.29, 1.82) is 0 Å². The molecule has 4 nitrogen and oxygen atoms in total. The summed E-state index contributed by atoms with van der Waals surface area (Å²) in [6.45, 7) is 5.28. The van der Waals surface area contributed by atoms with Crippen molar-refractivity contribution in [2.45, 2.75) is 26.3 Å². The number of carbonyl (C=O) groups excluding carboxylic acids is 1. The quantitative estimate of drug-likeness (QED) is 0.665. The van der Waals surface area contributed by atoms with Gasteiger partial charge in [-0.3, -0.25) is 0 Å². The first-order valence-corrected chi connectivity index (χ1v) is 4.97. The lowest BCUT2D eigenvalue weighted by Crippen LogP contribution is -2.43. The molecule has 0 atom stereocenters. The van der Waals surface area contributed by atoms with E-state index in [1.807, 2.05) is 0 Å². The van der Waals surface area contributed by atoms with Crippen LogP contribution >= 0.6 is 0 Å². The third-order valence-corrected chi connectivity index (χ3v) is 1.81. The number of hydrogen-bond donors (Lipinski definition) is 3. The van der Waals surface area contributed by atoms with Gasteiger partial charge in [0.05, 0.1) is 5.69 Å². The molecule has 0 fully saturated rings. The highest BCUT2D eigenvalue weighted by molar-refractivity contribution is 5.91. The van der Waals surface area contributed by atoms with Gasteiger partial charge in [0.25, 0.3) is 0 Å². The number of rotatable bonds is 1. The van der Waals surface area contributed by atoms with E-state index in [2.05, 4.69) is 10.6 Å². The topological polar surface area (TPSA) is 61.4 Å². The van der Waals surface area contributed by atoms with Gasteiger partial charge in [-0.2, -0.15) is 4.39 Å². The molecule has 17 heavy (non-hydrogen) atoms. The first kappa shape index (κ1) is 13.2. The number of phenols is 1. The molecule has 1 rings (SSSR count). The Morgan fingerprint density at radius 3 is 2.41 bits per heavy atom. The van der Waals surface area contributed by atoms with Crippen LogP contribution in [0, 0.1) is 11.6 Å². The molecule has 0 aromatic heterocycles. The van der Waals surface area contributed by atoms with Gasteiger partial charge in [-0.25, -0.2) is 9.18 Å². The van der Waals surface area contributed by atoms with E-state index >= 15 is 0 Å². The fraction of sp³-hybridized carbons (Fsp3) is 0.364. The predicted octanol–water partition coefficient (Wildman–Crippen LogP) is 2.59. The largest absolute Gasteiger partial charge is 0.503 e. The van der Waals surface area contributed by atoms with E-state index < -0.39 is 29.0 Å². The van der Waals surface area contributed by atoms with E-state index in [-0.39, 0.29) is 5.69 Å². The minimum Gasteiger partial charge on any atom is -0.503 e. The van der Waals surface area contributed by atoms with E-state index in [0.29, 0.717) is 0 Å². The van der Waals surface area contributed by atoms with Crippen LogP contribution in [-0.2, 0) is 0 Å². The zero-order chi connectivity index (χ0) is 13.2. The molecule has 0 heterocycles. The second kappa shape index (κ2) is 4.57. The fourth-order valence-electron chi connectivity index (χ4n) is 1.13. The Kier molecular flexibility index (Phi) is 3.55. The maximum absolute atomic E-state index is 13.0. The minimum atomic E-state index is -1.39. The van der Waals surface area contributed by atoms with Gasteiger partial charge in [-0.15, -0.1) is 0 Å². The minimum absolute atomic E-state index is 0.189. The number of phenolic OH excluding ortho intramolecular Hbond substituents is 1. The molecular weight excluding hydrogens is 230 g/mol. The van der Waals surface area contributed by atoms with Crippen molar-refractivity contribution >= 4 is 11.7 Å². The van der Waals surface area contributed by atoms with Crippen molar-refractivity contribution in [3.05, 3.63) is 23.8 Å². The first-order valence-electron chi connectivity index (χ1n) is 4.97. The molecular formula is C11H14F2N2O2. The van der Waals surface area contributed by atoms with Crippen LogP contribution in [0.2, 0.25) is 0 Å². The Balaban J connectivity index is 2.83. The molecule has 0 aliphatic rings. The van der Waals surface area contributed by atoms with E-state index in [1.54, 1.807) is 20.8 Å². The second-order valence-corrected chi connectivity index (χ2v) is 4.59. The molecule has 0 saturated carbocycles. The van der Waals surface area contributed by atoms with Crippen LogP contribution in [0.3, 0.4) is 0 Å². The van der Waals surface area contributed by atoms with Crippen molar-refractivity contribution in [1.82, 2.24) is 5.32 Å². The Hall–Kier alpha value is -1.85. The summed E-state index contributed by atoms with van der Waals surface area (Å²) >= 11 is 0. The molecule has 1 aromatic carbocycles. The lowest BCUT2D eigenvalue weighted by Gasteiger charge is -2.21. The van der Waals surface area contributed by atoms with Crippen LogP contribution < -0.4 is 10.6 Å². The molecule has 6 heteroatoms. The average Bonchev–Trinajstić information content (AvgIpc) is 2.16. The number of amides is 2. The van der Waals surface area contributed by atoms with Crippen LogP contribution in [0.15, 0.2) is 12.1 Å². The average molecular weight is 244 g/mol. The van der Waals surface area contributed by atoms with Gasteiger partial charge in [-0.05, 0) is 32.9 Å². The summed E-state index contributed by atoms with van der Waals surface area (Å²) in [6, 6.07) is 1.29. The van der Waals surface area contributed by atoms with Gasteiger partial charge in [0.15, 0.2) is 11.6 Å². The third kappa shape index (κ3) is 3.58. The molecule has 0 spiro atoms. The van der Waals surface area contributed by atoms with Crippen LogP contribution in [0.4, 0.5) is 19.3 Å². The second-order valence-electron chi connectivity index (χ2n) is 4.59. The normalized spacial score (nSPS) is 11.1. The van der Waals surface area contributed by atoms with Crippen LogP contribution in [0.5, 0.6) is 5.75 Å². The summed E-state index contributed by atoms with van der Waals surface area (Å²) in [5, 5.41) is 14.0. The van der Waals surface area contributed by atoms with Crippen LogP contribution in [0.25, 0.3) is 0 Å². The Bertz CT molecular complexity index is 442. The fourth-order valence-corrected chi connectivity index (χ4v) is 1.13. The number of halogens is 2. The third-order valence-electron chi connectivity index (χ3n) is 1.81. The number of nitrogens with one attached hydrogen (secondary N) is 2. The number of hydrogen-bond acceptors (Lipinski definition) is 2. The molecule has 94 valence electrons. The molecule has 0 unspecified atom stereocenters. The summed E-state index contributed by atoms with van der Waals surface area (Å²) in [5.41, 5.74) is -0.663. The zero-order valence-electron chi connectivity index (χ0n) is 9.77. The summed E-state index contributed by atoms with van der Waals surface area (Å²) in [4.78, 5) is 11.4. The number of carbonyl (C=O) groups is 1. The van der Waals surface area contributed by atoms with Crippen molar-refractivity contribution < 1.29 is 18.7 Å². The van der Waals surface area contributed by atoms with E-state index in [0.717, 1.165) is 12.1 Å². The van der Waals surface area contributed by atoms with Gasteiger partial charge >= 0.3 is 6.03 Å². The standard InChI is InChI=1S/C11H14F2N2O2/c1-11(2,3)15-10(17)14-7-5-4-6(12)8(13)9(7)16/h4-5,16H,1-3H3,(H2,14,15,17). The summed E-state index contributed by atoms with van der Waals surface area (Å²) in [6.07, 6.45) is 0. The predicted molar refractivity (Wildman–Crippen MR) is 59.9 cm³/mol. The monoisotopic (exact) mass is 244 g/mol. The lowest BCUT2D eigenvalue weighted by molar-refractivity contribution is 0.243. The van der Waals surface area contributed by atoms with Gasteiger partial charge in [0.2, 0.25) is 5.82 Å². The van der Waals surface area contributed by atoms with E-state index in [1.165, 1.54) is 0 Å². The van der Waals surface area contributed by atoms with Gasteiger partial charge in [0, 0.05) is 5.54 Å². The molecule has 1 aromatic rings. The molecule has 3 N–H and O–H groups in total. The van der Waals surface area contributed by atoms with Crippen molar-refractivity contribution in [2.75, 3.05) is 5.32 Å². The number of benzene rings is 1. The summed E-state index contributed by atoms with van der Waals surface area (Å²) < 4.78 is 25.7. The Morgan fingerprint density at radius 2 is 1.88 bits per heavy atom. The Labute approximate surface area is 97.6 Å². The molecule has 2 amide bonds. The van der Waals surface area contributed by atoms with Crippen molar-refractivity contribution in [2.24, 2.45) is 0 Å². The van der Waals surface area contributed by atoms with Crippen molar-refractivity contribution in [3.63, 3.8) is 0 Å². The summed E-state index contributed by atoms with van der Waals surface area (Å²) in [7, 11) is 0. The highest BCUT2D eigenvalue weighted by Gasteiger charge is 2.17. The maximum atomic E-state index is 13.0. The highest BCUT2D eigenvalue weighted by atomic mass is 19.2. The van der Waals surface area contributed by atoms with Crippen molar-refractivity contribution in [3.8, 4) is 5.75 Å². The molecule has 0 aliphatic heterocycles.